The highest BCUT2D eigenvalue weighted by Crippen LogP contribution is 2.27. The number of benzene rings is 1. The van der Waals surface area contributed by atoms with Crippen LogP contribution in [0, 0.1) is 0 Å². The SMILES string of the molecule is CCO[Si](C)(OCC)c1cccc(C2CC(=O)OC2=O)c1. The van der Waals surface area contributed by atoms with Crippen molar-refractivity contribution in [2.24, 2.45) is 0 Å². The van der Waals surface area contributed by atoms with Crippen LogP contribution in [-0.4, -0.2) is 33.7 Å². The van der Waals surface area contributed by atoms with E-state index in [9.17, 15) is 9.59 Å². The normalized spacial score (nSPS) is 18.9. The van der Waals surface area contributed by atoms with Crippen molar-refractivity contribution < 1.29 is 23.2 Å². The average Bonchev–Trinajstić information content (AvgIpc) is 2.78. The van der Waals surface area contributed by atoms with E-state index in [1.165, 1.54) is 0 Å². The summed E-state index contributed by atoms with van der Waals surface area (Å²) in [5.41, 5.74) is 0.779. The number of ether oxygens (including phenoxy) is 1. The van der Waals surface area contributed by atoms with Crippen molar-refractivity contribution in [3.05, 3.63) is 29.8 Å². The van der Waals surface area contributed by atoms with Crippen molar-refractivity contribution in [1.29, 1.82) is 0 Å². The Labute approximate surface area is 125 Å². The molecule has 1 heterocycles. The number of esters is 2. The topological polar surface area (TPSA) is 61.8 Å². The molecule has 1 aromatic carbocycles. The summed E-state index contributed by atoms with van der Waals surface area (Å²) in [6.45, 7) is 6.98. The Kier molecular flexibility index (Phi) is 4.92. The molecule has 2 rings (SSSR count). The summed E-state index contributed by atoms with van der Waals surface area (Å²) in [7, 11) is -2.48. The Hall–Kier alpha value is -1.50. The molecule has 6 heteroatoms. The molecule has 5 nitrogen and oxygen atoms in total. The summed E-state index contributed by atoms with van der Waals surface area (Å²) in [6.07, 6.45) is 0.101. The van der Waals surface area contributed by atoms with Crippen LogP contribution in [0.4, 0.5) is 0 Å². The van der Waals surface area contributed by atoms with Gasteiger partial charge in [0.25, 0.3) is 0 Å². The van der Waals surface area contributed by atoms with E-state index in [1.54, 1.807) is 0 Å². The van der Waals surface area contributed by atoms with Crippen molar-refractivity contribution in [2.75, 3.05) is 13.2 Å². The van der Waals surface area contributed by atoms with Crippen LogP contribution in [0.2, 0.25) is 6.55 Å². The molecule has 0 amide bonds. The first kappa shape index (κ1) is 15.9. The van der Waals surface area contributed by atoms with Gasteiger partial charge in [-0.3, -0.25) is 9.59 Å². The molecule has 1 atom stereocenters. The highest BCUT2D eigenvalue weighted by molar-refractivity contribution is 6.80. The zero-order valence-corrected chi connectivity index (χ0v) is 13.5. The van der Waals surface area contributed by atoms with Gasteiger partial charge in [-0.2, -0.15) is 0 Å². The third-order valence-electron chi connectivity index (χ3n) is 3.52. The minimum Gasteiger partial charge on any atom is -0.393 e. The molecule has 0 bridgehead atoms. The van der Waals surface area contributed by atoms with E-state index in [1.807, 2.05) is 44.7 Å². The molecule has 1 aliphatic rings. The van der Waals surface area contributed by atoms with Crippen LogP contribution in [0.3, 0.4) is 0 Å². The Morgan fingerprint density at radius 2 is 1.90 bits per heavy atom. The van der Waals surface area contributed by atoms with Gasteiger partial charge < -0.3 is 13.6 Å². The van der Waals surface area contributed by atoms with Crippen molar-refractivity contribution >= 4 is 25.7 Å². The lowest BCUT2D eigenvalue weighted by Gasteiger charge is -2.26. The van der Waals surface area contributed by atoms with E-state index >= 15 is 0 Å². The first-order valence-electron chi connectivity index (χ1n) is 7.13. The smallest absolute Gasteiger partial charge is 0.369 e. The average molecular weight is 308 g/mol. The molecule has 0 saturated carbocycles. The lowest BCUT2D eigenvalue weighted by molar-refractivity contribution is -0.152. The second kappa shape index (κ2) is 6.51. The third-order valence-corrected chi connectivity index (χ3v) is 6.56. The van der Waals surface area contributed by atoms with Crippen LogP contribution in [0.15, 0.2) is 24.3 Å². The van der Waals surface area contributed by atoms with Crippen LogP contribution in [0.5, 0.6) is 0 Å². The van der Waals surface area contributed by atoms with Gasteiger partial charge in [0.1, 0.15) is 0 Å². The maximum absolute atomic E-state index is 11.7. The van der Waals surface area contributed by atoms with E-state index in [0.29, 0.717) is 13.2 Å². The van der Waals surface area contributed by atoms with Crippen LogP contribution in [-0.2, 0) is 23.2 Å². The molecular weight excluding hydrogens is 288 g/mol. The van der Waals surface area contributed by atoms with Crippen LogP contribution in [0.25, 0.3) is 0 Å². The summed E-state index contributed by atoms with van der Waals surface area (Å²) >= 11 is 0. The molecule has 1 fully saturated rings. The molecule has 0 spiro atoms. The molecule has 0 radical (unpaired) electrons. The van der Waals surface area contributed by atoms with E-state index in [0.717, 1.165) is 10.8 Å². The maximum atomic E-state index is 11.7. The van der Waals surface area contributed by atoms with Gasteiger partial charge in [-0.1, -0.05) is 24.3 Å². The standard InChI is InChI=1S/C15H20O5Si/c1-4-18-21(3,19-5-2)12-8-6-7-11(9-12)13-10-14(16)20-15(13)17/h6-9,13H,4-5,10H2,1-3H3. The molecule has 21 heavy (non-hydrogen) atoms. The van der Waals surface area contributed by atoms with Gasteiger partial charge in [0.05, 0.1) is 12.3 Å². The number of hydrogen-bond donors (Lipinski definition) is 0. The first-order chi connectivity index (χ1) is 10.00. The number of cyclic esters (lactones) is 2. The van der Waals surface area contributed by atoms with Gasteiger partial charge in [-0.05, 0) is 31.1 Å². The highest BCUT2D eigenvalue weighted by atomic mass is 28.4. The predicted octanol–water partition coefficient (Wildman–Crippen LogP) is 1.60. The van der Waals surface area contributed by atoms with Crippen LogP contribution < -0.4 is 5.19 Å². The van der Waals surface area contributed by atoms with Crippen molar-refractivity contribution in [1.82, 2.24) is 0 Å². The summed E-state index contributed by atoms with van der Waals surface area (Å²) in [6, 6.07) is 7.55. The van der Waals surface area contributed by atoms with Crippen molar-refractivity contribution in [3.63, 3.8) is 0 Å². The lowest BCUT2D eigenvalue weighted by Crippen LogP contribution is -2.51. The molecule has 1 aromatic rings. The second-order valence-corrected chi connectivity index (χ2v) is 8.03. The predicted molar refractivity (Wildman–Crippen MR) is 79.4 cm³/mol. The zero-order valence-electron chi connectivity index (χ0n) is 12.5. The van der Waals surface area contributed by atoms with Crippen molar-refractivity contribution in [3.8, 4) is 0 Å². The molecule has 114 valence electrons. The Morgan fingerprint density at radius 1 is 1.24 bits per heavy atom. The molecule has 0 N–H and O–H groups in total. The van der Waals surface area contributed by atoms with Crippen LogP contribution >= 0.6 is 0 Å². The molecule has 1 unspecified atom stereocenters. The monoisotopic (exact) mass is 308 g/mol. The Bertz CT molecular complexity index is 537. The minimum atomic E-state index is -2.48. The lowest BCUT2D eigenvalue weighted by atomic mass is 9.98. The van der Waals surface area contributed by atoms with Gasteiger partial charge in [-0.15, -0.1) is 0 Å². The van der Waals surface area contributed by atoms with Crippen LogP contribution in [0.1, 0.15) is 31.7 Å². The summed E-state index contributed by atoms with van der Waals surface area (Å²) in [4.78, 5) is 22.9. The maximum Gasteiger partial charge on any atom is 0.369 e. The highest BCUT2D eigenvalue weighted by Gasteiger charge is 2.37. The summed E-state index contributed by atoms with van der Waals surface area (Å²) in [5, 5.41) is 0.954. The molecular formula is C15H20O5Si. The Balaban J connectivity index is 2.32. The van der Waals surface area contributed by atoms with Gasteiger partial charge in [0.2, 0.25) is 0 Å². The van der Waals surface area contributed by atoms with E-state index in [4.69, 9.17) is 8.85 Å². The minimum absolute atomic E-state index is 0.101. The number of hydrogen-bond acceptors (Lipinski definition) is 5. The van der Waals surface area contributed by atoms with E-state index in [2.05, 4.69) is 4.74 Å². The van der Waals surface area contributed by atoms with E-state index < -0.39 is 26.4 Å². The fraction of sp³-hybridized carbons (Fsp3) is 0.467. The summed E-state index contributed by atoms with van der Waals surface area (Å²) in [5.74, 6) is -1.46. The number of carbonyl (C=O) groups excluding carboxylic acids is 2. The summed E-state index contributed by atoms with van der Waals surface area (Å²) < 4.78 is 16.3. The number of rotatable bonds is 6. The Morgan fingerprint density at radius 3 is 2.43 bits per heavy atom. The van der Waals surface area contributed by atoms with E-state index in [-0.39, 0.29) is 6.42 Å². The number of carbonyl (C=O) groups is 2. The van der Waals surface area contributed by atoms with Gasteiger partial charge >= 0.3 is 20.5 Å². The third kappa shape index (κ3) is 3.40. The van der Waals surface area contributed by atoms with Gasteiger partial charge in [0, 0.05) is 13.2 Å². The molecule has 0 aromatic heterocycles. The fourth-order valence-corrected chi connectivity index (χ4v) is 4.87. The largest absolute Gasteiger partial charge is 0.393 e. The second-order valence-electron chi connectivity index (χ2n) is 4.99. The van der Waals surface area contributed by atoms with Crippen molar-refractivity contribution in [2.45, 2.75) is 32.7 Å². The van der Waals surface area contributed by atoms with Gasteiger partial charge in [0.15, 0.2) is 0 Å². The molecule has 1 aliphatic heterocycles. The molecule has 0 aliphatic carbocycles. The van der Waals surface area contributed by atoms with Gasteiger partial charge in [-0.25, -0.2) is 0 Å². The zero-order chi connectivity index (χ0) is 15.5. The first-order valence-corrected chi connectivity index (χ1v) is 9.44. The fourth-order valence-electron chi connectivity index (χ4n) is 2.53. The quantitative estimate of drug-likeness (QED) is 0.454. The molecule has 1 saturated heterocycles.